The number of fused-ring (bicyclic) bond motifs is 2. The summed E-state index contributed by atoms with van der Waals surface area (Å²) in [6, 6.07) is 41.8. The Bertz CT molecular complexity index is 1370. The fourth-order valence-electron chi connectivity index (χ4n) is 5.09. The van der Waals surface area contributed by atoms with Gasteiger partial charge in [0.1, 0.15) is 23.2 Å². The van der Waals surface area contributed by atoms with Crippen molar-refractivity contribution in [1.29, 1.82) is 0 Å². The molecule has 0 saturated heterocycles. The van der Waals surface area contributed by atoms with E-state index in [-0.39, 0.29) is 5.92 Å². The van der Waals surface area contributed by atoms with Crippen molar-refractivity contribution in [2.24, 2.45) is 5.92 Å². The van der Waals surface area contributed by atoms with Crippen molar-refractivity contribution >= 4 is 34.3 Å². The Morgan fingerprint density at radius 3 is 1.55 bits per heavy atom. The van der Waals surface area contributed by atoms with Gasteiger partial charge in [0.05, 0.1) is 0 Å². The molecule has 0 amide bonds. The van der Waals surface area contributed by atoms with Crippen molar-refractivity contribution in [2.45, 2.75) is 0 Å². The van der Waals surface area contributed by atoms with Crippen LogP contribution in [0, 0.1) is 12.1 Å². The summed E-state index contributed by atoms with van der Waals surface area (Å²) in [5, 5.41) is 6.63. The summed E-state index contributed by atoms with van der Waals surface area (Å²) >= 11 is 0. The van der Waals surface area contributed by atoms with Crippen molar-refractivity contribution in [3.63, 3.8) is 0 Å². The minimum Gasteiger partial charge on any atom is -0.0728 e. The van der Waals surface area contributed by atoms with Gasteiger partial charge >= 0.3 is 0 Å². The van der Waals surface area contributed by atoms with E-state index in [1.165, 1.54) is 37.5 Å². The Kier molecular flexibility index (Phi) is 5.17. The molecule has 1 unspecified atom stereocenters. The van der Waals surface area contributed by atoms with Gasteiger partial charge in [-0.15, -0.1) is 0 Å². The van der Waals surface area contributed by atoms with Gasteiger partial charge in [0.15, 0.2) is 0 Å². The Morgan fingerprint density at radius 2 is 1.00 bits per heavy atom. The summed E-state index contributed by atoms with van der Waals surface area (Å²) in [5.74, 6) is 0.239. The fraction of sp³-hybridized carbons (Fsp3) is 0.0312. The molecule has 0 aliphatic heterocycles. The third-order valence-corrected chi connectivity index (χ3v) is 10.4. The van der Waals surface area contributed by atoms with E-state index in [1.807, 2.05) is 0 Å². The molecule has 4 aromatic carbocycles. The molecule has 33 heavy (non-hydrogen) atoms. The van der Waals surface area contributed by atoms with E-state index >= 15 is 0 Å². The Balaban J connectivity index is 1.67. The lowest BCUT2D eigenvalue weighted by Gasteiger charge is -2.28. The normalized spacial score (nSPS) is 16.5. The molecule has 1 heteroatoms. The number of rotatable bonds is 5. The van der Waals surface area contributed by atoms with Crippen LogP contribution < -0.4 is 26.4 Å². The fourth-order valence-corrected chi connectivity index (χ4v) is 8.85. The second kappa shape index (κ2) is 8.47. The number of benzene rings is 4. The molecule has 2 aliphatic rings. The number of allylic oxidation sites excluding steroid dienone is 4. The van der Waals surface area contributed by atoms with Crippen LogP contribution in [0.5, 0.6) is 0 Å². The van der Waals surface area contributed by atoms with E-state index < -0.39 is 7.26 Å². The molecule has 2 aliphatic carbocycles. The number of hydrogen-bond donors (Lipinski definition) is 0. The third-order valence-electron chi connectivity index (χ3n) is 6.58. The topological polar surface area (TPSA) is 0 Å². The maximum absolute atomic E-state index is 4.26. The zero-order valence-corrected chi connectivity index (χ0v) is 19.2. The number of hydrogen-bond acceptors (Lipinski definition) is 0. The lowest BCUT2D eigenvalue weighted by molar-refractivity contribution is 1.13. The van der Waals surface area contributed by atoms with E-state index in [2.05, 4.69) is 146 Å². The molecule has 0 bridgehead atoms. The highest BCUT2D eigenvalue weighted by Gasteiger charge is 2.49. The smallest absolute Gasteiger partial charge is 0.0728 e. The zero-order valence-electron chi connectivity index (χ0n) is 18.3. The first-order valence-electron chi connectivity index (χ1n) is 11.4. The quantitative estimate of drug-likeness (QED) is 0.393. The largest absolute Gasteiger partial charge is 0.214 e. The second-order valence-electron chi connectivity index (χ2n) is 8.43. The summed E-state index contributed by atoms with van der Waals surface area (Å²) in [6.07, 6.45) is 13.2. The van der Waals surface area contributed by atoms with E-state index in [0.717, 1.165) is 0 Å². The standard InChI is InChI=1S/C32H24P/c1-4-14-25(15-5-1)33(26-16-6-2-7-17-26,27-18-8-3-9-19-27)24-32-30-22-12-10-20-28(30)29-21-11-13-23-31(29)32/h1-23,30H/q+1. The van der Waals surface area contributed by atoms with Crippen LogP contribution >= 0.6 is 7.26 Å². The summed E-state index contributed by atoms with van der Waals surface area (Å²) in [7, 11) is -2.18. The molecule has 0 nitrogen and oxygen atoms in total. The van der Waals surface area contributed by atoms with Gasteiger partial charge in [-0.1, -0.05) is 103 Å². The van der Waals surface area contributed by atoms with Crippen molar-refractivity contribution in [2.75, 3.05) is 0 Å². The highest BCUT2D eigenvalue weighted by atomic mass is 31.2. The summed E-state index contributed by atoms with van der Waals surface area (Å²) in [5.41, 5.74) is 2.67. The van der Waals surface area contributed by atoms with Gasteiger partial charge < -0.3 is 0 Å². The van der Waals surface area contributed by atoms with Crippen LogP contribution in [-0.2, 0) is 0 Å². The van der Waals surface area contributed by atoms with Gasteiger partial charge in [-0.2, -0.15) is 0 Å². The molecule has 0 N–H and O–H groups in total. The minimum absolute atomic E-state index is 0.239. The molecule has 0 heterocycles. The van der Waals surface area contributed by atoms with Crippen LogP contribution in [-0.4, -0.2) is 0 Å². The maximum atomic E-state index is 4.26. The predicted octanol–water partition coefficient (Wildman–Crippen LogP) is 4.78. The molecule has 4 aromatic rings. The summed E-state index contributed by atoms with van der Waals surface area (Å²) < 4.78 is 0. The summed E-state index contributed by atoms with van der Waals surface area (Å²) in [4.78, 5) is 0. The SMILES string of the molecule is [C](C1=c2ccccc2=C2C=CC=CC12)[P+](c1ccccc1)(c1ccccc1)c1ccccc1. The summed E-state index contributed by atoms with van der Waals surface area (Å²) in [6.45, 7) is 0. The first-order valence-corrected chi connectivity index (χ1v) is 13.2. The maximum Gasteiger partial charge on any atom is 0.214 e. The lowest BCUT2D eigenvalue weighted by atomic mass is 9.92. The predicted molar refractivity (Wildman–Crippen MR) is 143 cm³/mol. The van der Waals surface area contributed by atoms with Gasteiger partial charge in [0, 0.05) is 11.5 Å². The van der Waals surface area contributed by atoms with E-state index in [9.17, 15) is 0 Å². The highest BCUT2D eigenvalue weighted by Crippen LogP contribution is 2.61. The molecule has 0 fully saturated rings. The molecule has 156 valence electrons. The third kappa shape index (κ3) is 3.34. The first-order chi connectivity index (χ1) is 16.4. The van der Waals surface area contributed by atoms with E-state index in [4.69, 9.17) is 0 Å². The van der Waals surface area contributed by atoms with Crippen molar-refractivity contribution < 1.29 is 0 Å². The van der Waals surface area contributed by atoms with Crippen molar-refractivity contribution in [1.82, 2.24) is 0 Å². The molecule has 6 rings (SSSR count). The van der Waals surface area contributed by atoms with Crippen LogP contribution in [0.15, 0.2) is 140 Å². The monoisotopic (exact) mass is 439 g/mol. The molecular formula is C32H24P+. The average molecular weight is 440 g/mol. The molecule has 0 aromatic heterocycles. The van der Waals surface area contributed by atoms with Crippen molar-refractivity contribution in [3.05, 3.63) is 156 Å². The van der Waals surface area contributed by atoms with Crippen LogP contribution in [0.4, 0.5) is 0 Å². The Hall–Kier alpha value is -3.47. The molecule has 0 spiro atoms. The van der Waals surface area contributed by atoms with Crippen molar-refractivity contribution in [3.8, 4) is 0 Å². The Labute approximate surface area is 196 Å². The minimum atomic E-state index is -2.18. The molecule has 0 saturated carbocycles. The van der Waals surface area contributed by atoms with Gasteiger partial charge in [0.25, 0.3) is 0 Å². The van der Waals surface area contributed by atoms with Gasteiger partial charge in [-0.05, 0) is 52.4 Å². The van der Waals surface area contributed by atoms with Crippen LogP contribution in [0.25, 0.3) is 11.1 Å². The molecule has 2 radical (unpaired) electrons. The second-order valence-corrected chi connectivity index (χ2v) is 11.5. The van der Waals surface area contributed by atoms with Crippen LogP contribution in [0.2, 0.25) is 0 Å². The Morgan fingerprint density at radius 1 is 0.515 bits per heavy atom. The van der Waals surface area contributed by atoms with Gasteiger partial charge in [-0.25, -0.2) is 0 Å². The molecular weight excluding hydrogens is 415 g/mol. The highest BCUT2D eigenvalue weighted by molar-refractivity contribution is 7.97. The van der Waals surface area contributed by atoms with Crippen LogP contribution in [0.1, 0.15) is 0 Å². The first kappa shape index (κ1) is 20.2. The average Bonchev–Trinajstić information content (AvgIpc) is 3.22. The van der Waals surface area contributed by atoms with Crippen LogP contribution in [0.3, 0.4) is 0 Å². The van der Waals surface area contributed by atoms with E-state index in [1.54, 1.807) is 0 Å². The zero-order chi connectivity index (χ0) is 22.1. The lowest BCUT2D eigenvalue weighted by Crippen LogP contribution is -2.33. The van der Waals surface area contributed by atoms with E-state index in [0.29, 0.717) is 0 Å². The van der Waals surface area contributed by atoms with Gasteiger partial charge in [0.2, 0.25) is 6.16 Å². The van der Waals surface area contributed by atoms with Gasteiger partial charge in [-0.3, -0.25) is 0 Å². The molecule has 1 atom stereocenters.